The fourth-order valence-corrected chi connectivity index (χ4v) is 5.13. The van der Waals surface area contributed by atoms with Crippen LogP contribution in [0.5, 0.6) is 0 Å². The highest BCUT2D eigenvalue weighted by Gasteiger charge is 2.30. The summed E-state index contributed by atoms with van der Waals surface area (Å²) in [7, 11) is 0. The highest BCUT2D eigenvalue weighted by molar-refractivity contribution is 5.88. The summed E-state index contributed by atoms with van der Waals surface area (Å²) >= 11 is 0. The van der Waals surface area contributed by atoms with Crippen LogP contribution >= 0.6 is 0 Å². The predicted octanol–water partition coefficient (Wildman–Crippen LogP) is 6.38. The molecule has 1 fully saturated rings. The number of amides is 2. The summed E-state index contributed by atoms with van der Waals surface area (Å²) < 4.78 is 0. The molecule has 0 heterocycles. The molecule has 1 aliphatic carbocycles. The van der Waals surface area contributed by atoms with Crippen molar-refractivity contribution in [3.05, 3.63) is 107 Å². The summed E-state index contributed by atoms with van der Waals surface area (Å²) in [4.78, 5) is 29.0. The summed E-state index contributed by atoms with van der Waals surface area (Å²) in [6, 6.07) is 28.2. The van der Waals surface area contributed by atoms with E-state index in [0.29, 0.717) is 13.0 Å². The number of carbonyl (C=O) groups excluding carboxylic acids is 2. The molecule has 0 aliphatic heterocycles. The molecule has 0 bridgehead atoms. The van der Waals surface area contributed by atoms with Crippen LogP contribution in [0.25, 0.3) is 0 Å². The van der Waals surface area contributed by atoms with E-state index >= 15 is 0 Å². The Labute approximate surface area is 215 Å². The van der Waals surface area contributed by atoms with Gasteiger partial charge in [-0.3, -0.25) is 9.59 Å². The predicted molar refractivity (Wildman–Crippen MR) is 146 cm³/mol. The van der Waals surface area contributed by atoms with Gasteiger partial charge in [-0.05, 0) is 43.4 Å². The molecule has 0 unspecified atom stereocenters. The Kier molecular flexibility index (Phi) is 8.94. The number of nitrogens with zero attached hydrogens (tertiary/aromatic N) is 1. The zero-order chi connectivity index (χ0) is 25.3. The molecule has 1 aliphatic rings. The normalized spacial score (nSPS) is 14.9. The Hall–Kier alpha value is -3.40. The van der Waals surface area contributed by atoms with E-state index in [2.05, 4.69) is 48.6 Å². The number of nitrogens with one attached hydrogen (secondary N) is 1. The molecule has 3 aromatic rings. The molecular formula is C32H38N2O2. The molecule has 3 aromatic carbocycles. The van der Waals surface area contributed by atoms with E-state index in [-0.39, 0.29) is 23.8 Å². The van der Waals surface area contributed by atoms with Crippen molar-refractivity contribution in [2.45, 2.75) is 76.9 Å². The Bertz CT molecular complexity index is 1070. The number of hydrogen-bond acceptors (Lipinski definition) is 2. The van der Waals surface area contributed by atoms with Crippen molar-refractivity contribution >= 4 is 11.8 Å². The SMILES string of the molecule is Cc1ccc(CN(C(=O)CC(c2ccccc2)c2ccccc2)[C@H](C)C(=O)NC2CCCCC2)cc1. The van der Waals surface area contributed by atoms with E-state index in [1.54, 1.807) is 4.90 Å². The van der Waals surface area contributed by atoms with Crippen molar-refractivity contribution in [2.75, 3.05) is 0 Å². The number of hydrogen-bond donors (Lipinski definition) is 1. The van der Waals surface area contributed by atoms with Crippen LogP contribution in [-0.4, -0.2) is 28.8 Å². The van der Waals surface area contributed by atoms with Crippen LogP contribution in [0.15, 0.2) is 84.9 Å². The fraction of sp³-hybridized carbons (Fsp3) is 0.375. The van der Waals surface area contributed by atoms with Gasteiger partial charge in [0.05, 0.1) is 0 Å². The standard InChI is InChI=1S/C32H38N2O2/c1-24-18-20-26(21-19-24)23-34(25(2)32(36)33-29-16-10-5-11-17-29)31(35)22-30(27-12-6-3-7-13-27)28-14-8-4-9-15-28/h3-4,6-9,12-15,18-21,25,29-30H,5,10-11,16-17,22-23H2,1-2H3,(H,33,36)/t25-/m1/s1. The molecule has 1 N–H and O–H groups in total. The Morgan fingerprint density at radius 3 is 1.94 bits per heavy atom. The maximum Gasteiger partial charge on any atom is 0.242 e. The highest BCUT2D eigenvalue weighted by Crippen LogP contribution is 2.29. The van der Waals surface area contributed by atoms with Crippen LogP contribution in [0.4, 0.5) is 0 Å². The molecule has 0 aromatic heterocycles. The van der Waals surface area contributed by atoms with Gasteiger partial charge >= 0.3 is 0 Å². The maximum atomic E-state index is 14.0. The number of rotatable bonds is 9. The average molecular weight is 483 g/mol. The van der Waals surface area contributed by atoms with E-state index in [4.69, 9.17) is 0 Å². The second-order valence-electron chi connectivity index (χ2n) is 10.1. The van der Waals surface area contributed by atoms with Crippen molar-refractivity contribution in [1.29, 1.82) is 0 Å². The van der Waals surface area contributed by atoms with Gasteiger partial charge in [0.15, 0.2) is 0 Å². The third-order valence-corrected chi connectivity index (χ3v) is 7.38. The minimum absolute atomic E-state index is 0.0143. The second-order valence-corrected chi connectivity index (χ2v) is 10.1. The molecule has 0 saturated heterocycles. The lowest BCUT2D eigenvalue weighted by Gasteiger charge is -2.32. The lowest BCUT2D eigenvalue weighted by molar-refractivity contribution is -0.141. The van der Waals surface area contributed by atoms with E-state index in [1.807, 2.05) is 55.5 Å². The minimum Gasteiger partial charge on any atom is -0.352 e. The van der Waals surface area contributed by atoms with Gasteiger partial charge in [-0.25, -0.2) is 0 Å². The van der Waals surface area contributed by atoms with E-state index in [1.165, 1.54) is 12.0 Å². The van der Waals surface area contributed by atoms with Crippen LogP contribution in [0.1, 0.15) is 73.6 Å². The number of benzene rings is 3. The van der Waals surface area contributed by atoms with Gasteiger partial charge < -0.3 is 10.2 Å². The maximum absolute atomic E-state index is 14.0. The molecular weight excluding hydrogens is 444 g/mol. The van der Waals surface area contributed by atoms with E-state index in [0.717, 1.165) is 42.4 Å². The molecule has 4 nitrogen and oxygen atoms in total. The highest BCUT2D eigenvalue weighted by atomic mass is 16.2. The molecule has 2 amide bonds. The van der Waals surface area contributed by atoms with Gasteiger partial charge in [-0.2, -0.15) is 0 Å². The van der Waals surface area contributed by atoms with Gasteiger partial charge in [0.1, 0.15) is 6.04 Å². The first-order valence-electron chi connectivity index (χ1n) is 13.3. The zero-order valence-corrected chi connectivity index (χ0v) is 21.5. The first kappa shape index (κ1) is 25.7. The van der Waals surface area contributed by atoms with Crippen LogP contribution in [0, 0.1) is 6.92 Å². The van der Waals surface area contributed by atoms with Gasteiger partial charge in [-0.1, -0.05) is 110 Å². The van der Waals surface area contributed by atoms with Crippen molar-refractivity contribution in [1.82, 2.24) is 10.2 Å². The third kappa shape index (κ3) is 6.84. The molecule has 0 radical (unpaired) electrons. The lowest BCUT2D eigenvalue weighted by Crippen LogP contribution is -2.50. The first-order chi connectivity index (χ1) is 17.5. The number of aryl methyl sites for hydroxylation is 1. The van der Waals surface area contributed by atoms with Crippen LogP contribution in [0.3, 0.4) is 0 Å². The van der Waals surface area contributed by atoms with Crippen molar-refractivity contribution < 1.29 is 9.59 Å². The smallest absolute Gasteiger partial charge is 0.242 e. The Balaban J connectivity index is 1.58. The van der Waals surface area contributed by atoms with E-state index < -0.39 is 6.04 Å². The molecule has 188 valence electrons. The molecule has 4 heteroatoms. The van der Waals surface area contributed by atoms with Crippen molar-refractivity contribution in [3.8, 4) is 0 Å². The number of carbonyl (C=O) groups is 2. The summed E-state index contributed by atoms with van der Waals surface area (Å²) in [6.45, 7) is 4.33. The first-order valence-corrected chi connectivity index (χ1v) is 13.3. The summed E-state index contributed by atoms with van der Waals surface area (Å²) in [5, 5.41) is 3.23. The Morgan fingerprint density at radius 1 is 0.833 bits per heavy atom. The van der Waals surface area contributed by atoms with Gasteiger partial charge in [0.25, 0.3) is 0 Å². The third-order valence-electron chi connectivity index (χ3n) is 7.38. The van der Waals surface area contributed by atoms with Gasteiger partial charge in [0, 0.05) is 24.9 Å². The largest absolute Gasteiger partial charge is 0.352 e. The van der Waals surface area contributed by atoms with Crippen LogP contribution in [-0.2, 0) is 16.1 Å². The summed E-state index contributed by atoms with van der Waals surface area (Å²) in [5.74, 6) is -0.146. The van der Waals surface area contributed by atoms with Gasteiger partial charge in [0.2, 0.25) is 11.8 Å². The van der Waals surface area contributed by atoms with Crippen molar-refractivity contribution in [3.63, 3.8) is 0 Å². The quantitative estimate of drug-likeness (QED) is 0.385. The topological polar surface area (TPSA) is 49.4 Å². The average Bonchev–Trinajstić information content (AvgIpc) is 2.92. The minimum atomic E-state index is -0.548. The molecule has 1 atom stereocenters. The molecule has 0 spiro atoms. The van der Waals surface area contributed by atoms with E-state index in [9.17, 15) is 9.59 Å². The molecule has 1 saturated carbocycles. The fourth-order valence-electron chi connectivity index (χ4n) is 5.13. The Morgan fingerprint density at radius 2 is 1.39 bits per heavy atom. The zero-order valence-electron chi connectivity index (χ0n) is 21.5. The lowest BCUT2D eigenvalue weighted by atomic mass is 9.88. The van der Waals surface area contributed by atoms with Crippen LogP contribution in [0.2, 0.25) is 0 Å². The summed E-state index contributed by atoms with van der Waals surface area (Å²) in [6.07, 6.45) is 5.90. The second kappa shape index (κ2) is 12.5. The van der Waals surface area contributed by atoms with Gasteiger partial charge in [-0.15, -0.1) is 0 Å². The summed E-state index contributed by atoms with van der Waals surface area (Å²) in [5.41, 5.74) is 4.41. The van der Waals surface area contributed by atoms with Crippen molar-refractivity contribution in [2.24, 2.45) is 0 Å². The van der Waals surface area contributed by atoms with Crippen LogP contribution < -0.4 is 5.32 Å². The molecule has 4 rings (SSSR count). The molecule has 36 heavy (non-hydrogen) atoms. The monoisotopic (exact) mass is 482 g/mol.